The molecule has 1 aromatic carbocycles. The summed E-state index contributed by atoms with van der Waals surface area (Å²) in [6, 6.07) is 9.70. The number of hydrogen-bond acceptors (Lipinski definition) is 5. The zero-order valence-corrected chi connectivity index (χ0v) is 14.6. The standard InChI is InChI=1S/C18H19ClN4O/c1-4-24-17-9-15-16(10-20-17)22-12(3)23-18(15)21-11(2)13-6-5-7-14(19)8-13/h5-11H,4H2,1-3H3,(H,21,22,23). The van der Waals surface area contributed by atoms with Crippen LogP contribution in [0.5, 0.6) is 5.88 Å². The Bertz CT molecular complexity index is 869. The van der Waals surface area contributed by atoms with Gasteiger partial charge in [-0.1, -0.05) is 23.7 Å². The quantitative estimate of drug-likeness (QED) is 0.736. The molecular formula is C18H19ClN4O. The monoisotopic (exact) mass is 342 g/mol. The number of hydrogen-bond donors (Lipinski definition) is 1. The second-order valence-corrected chi connectivity index (χ2v) is 5.95. The van der Waals surface area contributed by atoms with E-state index in [-0.39, 0.29) is 6.04 Å². The van der Waals surface area contributed by atoms with Crippen LogP contribution in [0.1, 0.15) is 31.3 Å². The van der Waals surface area contributed by atoms with Gasteiger partial charge in [-0.3, -0.25) is 0 Å². The number of nitrogens with one attached hydrogen (secondary N) is 1. The molecule has 0 radical (unpaired) electrons. The Kier molecular flexibility index (Phi) is 4.81. The summed E-state index contributed by atoms with van der Waals surface area (Å²) in [5, 5.41) is 5.04. The van der Waals surface area contributed by atoms with Crippen molar-refractivity contribution in [1.82, 2.24) is 15.0 Å². The summed E-state index contributed by atoms with van der Waals surface area (Å²) in [6.45, 7) is 6.43. The van der Waals surface area contributed by atoms with Crippen molar-refractivity contribution in [2.45, 2.75) is 26.8 Å². The van der Waals surface area contributed by atoms with Crippen LogP contribution in [0.4, 0.5) is 5.82 Å². The first-order chi connectivity index (χ1) is 11.6. The highest BCUT2D eigenvalue weighted by Gasteiger charge is 2.12. The molecule has 2 heterocycles. The number of aromatic nitrogens is 3. The molecule has 0 aliphatic rings. The molecule has 3 aromatic rings. The summed E-state index contributed by atoms with van der Waals surface area (Å²) in [4.78, 5) is 13.3. The molecule has 124 valence electrons. The number of pyridine rings is 1. The Morgan fingerprint density at radius 2 is 2.08 bits per heavy atom. The van der Waals surface area contributed by atoms with Gasteiger partial charge in [0.1, 0.15) is 11.6 Å². The summed E-state index contributed by atoms with van der Waals surface area (Å²) in [7, 11) is 0. The van der Waals surface area contributed by atoms with E-state index in [1.807, 2.05) is 44.2 Å². The normalized spacial score (nSPS) is 12.2. The first-order valence-corrected chi connectivity index (χ1v) is 8.24. The molecule has 1 atom stereocenters. The second kappa shape index (κ2) is 7.01. The van der Waals surface area contributed by atoms with Crippen molar-refractivity contribution in [3.63, 3.8) is 0 Å². The lowest BCUT2D eigenvalue weighted by Crippen LogP contribution is -2.10. The van der Waals surface area contributed by atoms with Gasteiger partial charge in [-0.15, -0.1) is 0 Å². The van der Waals surface area contributed by atoms with E-state index in [2.05, 4.69) is 27.2 Å². The summed E-state index contributed by atoms with van der Waals surface area (Å²) in [6.07, 6.45) is 1.71. The molecule has 0 aliphatic heterocycles. The molecule has 3 rings (SSSR count). The number of aryl methyl sites for hydroxylation is 1. The van der Waals surface area contributed by atoms with Crippen molar-refractivity contribution in [1.29, 1.82) is 0 Å². The van der Waals surface area contributed by atoms with Crippen LogP contribution in [0.25, 0.3) is 10.9 Å². The smallest absolute Gasteiger partial charge is 0.214 e. The zero-order valence-electron chi connectivity index (χ0n) is 13.9. The van der Waals surface area contributed by atoms with Crippen molar-refractivity contribution in [3.8, 4) is 5.88 Å². The predicted octanol–water partition coefficient (Wildman–Crippen LogP) is 4.56. The van der Waals surface area contributed by atoms with Crippen LogP contribution in [0.3, 0.4) is 0 Å². The minimum atomic E-state index is 0.0462. The number of halogens is 1. The number of fused-ring (bicyclic) bond motifs is 1. The Hall–Kier alpha value is -2.40. The first-order valence-electron chi connectivity index (χ1n) is 7.86. The van der Waals surface area contributed by atoms with Crippen molar-refractivity contribution < 1.29 is 4.74 Å². The third kappa shape index (κ3) is 3.57. The van der Waals surface area contributed by atoms with Crippen LogP contribution in [0, 0.1) is 6.92 Å². The van der Waals surface area contributed by atoms with Gasteiger partial charge in [0, 0.05) is 16.5 Å². The van der Waals surface area contributed by atoms with E-state index in [4.69, 9.17) is 16.3 Å². The summed E-state index contributed by atoms with van der Waals surface area (Å²) < 4.78 is 5.49. The van der Waals surface area contributed by atoms with E-state index in [9.17, 15) is 0 Å². The van der Waals surface area contributed by atoms with E-state index in [0.717, 1.165) is 22.3 Å². The lowest BCUT2D eigenvalue weighted by molar-refractivity contribution is 0.327. The van der Waals surface area contributed by atoms with Crippen LogP contribution in [-0.2, 0) is 0 Å². The van der Waals surface area contributed by atoms with Crippen molar-refractivity contribution in [3.05, 3.63) is 52.9 Å². The third-order valence-corrected chi connectivity index (χ3v) is 3.90. The minimum Gasteiger partial charge on any atom is -0.478 e. The second-order valence-electron chi connectivity index (χ2n) is 5.51. The molecule has 24 heavy (non-hydrogen) atoms. The van der Waals surface area contributed by atoms with E-state index < -0.39 is 0 Å². The minimum absolute atomic E-state index is 0.0462. The maximum atomic E-state index is 6.09. The maximum Gasteiger partial charge on any atom is 0.214 e. The Morgan fingerprint density at radius 3 is 2.83 bits per heavy atom. The molecule has 1 N–H and O–H groups in total. The third-order valence-electron chi connectivity index (χ3n) is 3.66. The largest absolute Gasteiger partial charge is 0.478 e. The number of nitrogens with zero attached hydrogens (tertiary/aromatic N) is 3. The number of rotatable bonds is 5. The molecule has 0 aliphatic carbocycles. The van der Waals surface area contributed by atoms with Gasteiger partial charge in [-0.2, -0.15) is 0 Å². The predicted molar refractivity (Wildman–Crippen MR) is 96.7 cm³/mol. The highest BCUT2D eigenvalue weighted by molar-refractivity contribution is 6.30. The van der Waals surface area contributed by atoms with Crippen molar-refractivity contribution in [2.24, 2.45) is 0 Å². The highest BCUT2D eigenvalue weighted by Crippen LogP contribution is 2.27. The van der Waals surface area contributed by atoms with E-state index in [1.165, 1.54) is 0 Å². The van der Waals surface area contributed by atoms with Gasteiger partial charge < -0.3 is 10.1 Å². The van der Waals surface area contributed by atoms with Gasteiger partial charge in [-0.05, 0) is 38.5 Å². The number of anilines is 1. The summed E-state index contributed by atoms with van der Waals surface area (Å²) >= 11 is 6.09. The van der Waals surface area contributed by atoms with Gasteiger partial charge in [0.05, 0.1) is 24.4 Å². The molecule has 0 amide bonds. The van der Waals surface area contributed by atoms with E-state index in [1.54, 1.807) is 6.20 Å². The van der Waals surface area contributed by atoms with Crippen LogP contribution in [-0.4, -0.2) is 21.6 Å². The van der Waals surface area contributed by atoms with E-state index >= 15 is 0 Å². The van der Waals surface area contributed by atoms with Crippen molar-refractivity contribution in [2.75, 3.05) is 11.9 Å². The molecule has 0 saturated carbocycles. The van der Waals surface area contributed by atoms with Crippen molar-refractivity contribution >= 4 is 28.3 Å². The number of benzene rings is 1. The van der Waals surface area contributed by atoms with Gasteiger partial charge in [0.2, 0.25) is 5.88 Å². The average Bonchev–Trinajstić information content (AvgIpc) is 2.55. The fourth-order valence-corrected chi connectivity index (χ4v) is 2.73. The molecule has 0 saturated heterocycles. The molecule has 0 bridgehead atoms. The van der Waals surface area contributed by atoms with Gasteiger partial charge in [0.15, 0.2) is 0 Å². The highest BCUT2D eigenvalue weighted by atomic mass is 35.5. The van der Waals surface area contributed by atoms with Crippen LogP contribution >= 0.6 is 11.6 Å². The molecule has 0 spiro atoms. The molecule has 2 aromatic heterocycles. The lowest BCUT2D eigenvalue weighted by Gasteiger charge is -2.17. The Labute approximate surface area is 146 Å². The van der Waals surface area contributed by atoms with Gasteiger partial charge >= 0.3 is 0 Å². The van der Waals surface area contributed by atoms with Crippen LogP contribution in [0.15, 0.2) is 36.5 Å². The first kappa shape index (κ1) is 16.5. The van der Waals surface area contributed by atoms with Gasteiger partial charge in [0.25, 0.3) is 0 Å². The maximum absolute atomic E-state index is 6.09. The lowest BCUT2D eigenvalue weighted by atomic mass is 10.1. The van der Waals surface area contributed by atoms with Crippen LogP contribution in [0.2, 0.25) is 5.02 Å². The summed E-state index contributed by atoms with van der Waals surface area (Å²) in [5.41, 5.74) is 1.87. The molecular weight excluding hydrogens is 324 g/mol. The SMILES string of the molecule is CCOc1cc2c(NC(C)c3cccc(Cl)c3)nc(C)nc2cn1. The molecule has 1 unspecified atom stereocenters. The van der Waals surface area contributed by atoms with Gasteiger partial charge in [-0.25, -0.2) is 15.0 Å². The fourth-order valence-electron chi connectivity index (χ4n) is 2.53. The molecule has 6 heteroatoms. The Morgan fingerprint density at radius 1 is 1.25 bits per heavy atom. The molecule has 5 nitrogen and oxygen atoms in total. The Balaban J connectivity index is 1.99. The fraction of sp³-hybridized carbons (Fsp3) is 0.278. The van der Waals surface area contributed by atoms with E-state index in [0.29, 0.717) is 23.3 Å². The number of ether oxygens (including phenoxy) is 1. The topological polar surface area (TPSA) is 59.9 Å². The summed E-state index contributed by atoms with van der Waals surface area (Å²) in [5.74, 6) is 2.01. The zero-order chi connectivity index (χ0) is 17.1. The van der Waals surface area contributed by atoms with Crippen LogP contribution < -0.4 is 10.1 Å². The molecule has 0 fully saturated rings. The average molecular weight is 343 g/mol.